The molecule has 1 rings (SSSR count). The number of nitrogens with two attached hydrogens (primary N) is 2. The molecule has 0 aromatic heterocycles. The fourth-order valence-electron chi connectivity index (χ4n) is 0.729. The molecule has 0 bridgehead atoms. The van der Waals surface area contributed by atoms with Crippen molar-refractivity contribution in [3.05, 3.63) is 34.6 Å². The number of hydrogen-bond donors (Lipinski definition) is 2. The molecule has 0 amide bonds. The van der Waals surface area contributed by atoms with Crippen molar-refractivity contribution in [3.63, 3.8) is 0 Å². The van der Waals surface area contributed by atoms with E-state index in [1.54, 1.807) is 6.07 Å². The van der Waals surface area contributed by atoms with Crippen molar-refractivity contribution < 1.29 is 4.39 Å². The Kier molecular flexibility index (Phi) is 5.62. The molecule has 68 valence electrons. The maximum atomic E-state index is 12.5. The highest BCUT2D eigenvalue weighted by molar-refractivity contribution is 6.30. The van der Waals surface area contributed by atoms with Gasteiger partial charge in [0.25, 0.3) is 0 Å². The van der Waals surface area contributed by atoms with Crippen molar-refractivity contribution in [1.29, 1.82) is 0 Å². The van der Waals surface area contributed by atoms with Crippen LogP contribution in [0.2, 0.25) is 5.02 Å². The normalized spacial score (nSPS) is 8.75. The van der Waals surface area contributed by atoms with E-state index in [9.17, 15) is 4.39 Å². The van der Waals surface area contributed by atoms with Crippen molar-refractivity contribution in [2.45, 2.75) is 6.54 Å². The first kappa shape index (κ1) is 11.4. The van der Waals surface area contributed by atoms with Crippen LogP contribution in [-0.2, 0) is 6.54 Å². The van der Waals surface area contributed by atoms with E-state index in [0.717, 1.165) is 0 Å². The molecule has 0 saturated carbocycles. The maximum Gasteiger partial charge on any atom is 0.125 e. The van der Waals surface area contributed by atoms with Crippen molar-refractivity contribution in [2.24, 2.45) is 11.5 Å². The summed E-state index contributed by atoms with van der Waals surface area (Å²) in [7, 11) is 1.50. The van der Waals surface area contributed by atoms with Gasteiger partial charge in [0, 0.05) is 11.6 Å². The highest BCUT2D eigenvalue weighted by atomic mass is 35.5. The zero-order chi connectivity index (χ0) is 9.56. The summed E-state index contributed by atoms with van der Waals surface area (Å²) in [4.78, 5) is 0. The van der Waals surface area contributed by atoms with Crippen LogP contribution in [0.15, 0.2) is 18.2 Å². The second kappa shape index (κ2) is 5.94. The van der Waals surface area contributed by atoms with E-state index in [0.29, 0.717) is 17.1 Å². The monoisotopic (exact) mass is 190 g/mol. The summed E-state index contributed by atoms with van der Waals surface area (Å²) in [6, 6.07) is 4.26. The van der Waals surface area contributed by atoms with Gasteiger partial charge < -0.3 is 11.5 Å². The first-order valence-corrected chi connectivity index (χ1v) is 3.83. The third-order valence-corrected chi connectivity index (χ3v) is 1.38. The topological polar surface area (TPSA) is 52.0 Å². The molecule has 0 radical (unpaired) electrons. The molecule has 0 fully saturated rings. The van der Waals surface area contributed by atoms with Crippen molar-refractivity contribution in [1.82, 2.24) is 0 Å². The molecule has 0 unspecified atom stereocenters. The lowest BCUT2D eigenvalue weighted by Gasteiger charge is -1.96. The van der Waals surface area contributed by atoms with Gasteiger partial charge in [-0.05, 0) is 30.8 Å². The number of benzene rings is 1. The van der Waals surface area contributed by atoms with Crippen LogP contribution >= 0.6 is 11.6 Å². The highest BCUT2D eigenvalue weighted by Gasteiger charge is 1.95. The summed E-state index contributed by atoms with van der Waals surface area (Å²) in [6.45, 7) is 0.317. The van der Waals surface area contributed by atoms with E-state index < -0.39 is 0 Å². The molecule has 0 spiro atoms. The summed E-state index contributed by atoms with van der Waals surface area (Å²) in [5.74, 6) is -0.340. The summed E-state index contributed by atoms with van der Waals surface area (Å²) in [6.07, 6.45) is 0. The largest absolute Gasteiger partial charge is 0.333 e. The third-order valence-electron chi connectivity index (χ3n) is 1.16. The summed E-state index contributed by atoms with van der Waals surface area (Å²) in [5, 5.41) is 0.389. The minimum absolute atomic E-state index is 0.317. The molecule has 0 atom stereocenters. The molecule has 0 saturated heterocycles. The average molecular weight is 191 g/mol. The minimum atomic E-state index is -0.340. The smallest absolute Gasteiger partial charge is 0.125 e. The summed E-state index contributed by atoms with van der Waals surface area (Å²) < 4.78 is 12.5. The lowest BCUT2D eigenvalue weighted by atomic mass is 10.2. The van der Waals surface area contributed by atoms with Gasteiger partial charge in [-0.15, -0.1) is 0 Å². The van der Waals surface area contributed by atoms with Gasteiger partial charge in [-0.1, -0.05) is 11.6 Å². The van der Waals surface area contributed by atoms with Crippen molar-refractivity contribution in [3.8, 4) is 0 Å². The van der Waals surface area contributed by atoms with Gasteiger partial charge >= 0.3 is 0 Å². The lowest BCUT2D eigenvalue weighted by molar-refractivity contribution is 0.625. The lowest BCUT2D eigenvalue weighted by Crippen LogP contribution is -1.96. The molecule has 1 aromatic rings. The van der Waals surface area contributed by atoms with Crippen LogP contribution in [0, 0.1) is 5.82 Å². The Morgan fingerprint density at radius 1 is 1.33 bits per heavy atom. The summed E-state index contributed by atoms with van der Waals surface area (Å²) in [5.41, 5.74) is 10.5. The first-order chi connectivity index (χ1) is 5.72. The van der Waals surface area contributed by atoms with E-state index in [2.05, 4.69) is 5.73 Å². The van der Waals surface area contributed by atoms with Crippen molar-refractivity contribution in [2.75, 3.05) is 7.05 Å². The molecular formula is C8H12ClFN2. The predicted octanol–water partition coefficient (Wildman–Crippen LogP) is 1.51. The zero-order valence-corrected chi connectivity index (χ0v) is 7.61. The predicted molar refractivity (Wildman–Crippen MR) is 49.4 cm³/mol. The van der Waals surface area contributed by atoms with E-state index in [1.807, 2.05) is 0 Å². The Balaban J connectivity index is 0.000000561. The highest BCUT2D eigenvalue weighted by Crippen LogP contribution is 2.13. The number of halogens is 2. The molecular weight excluding hydrogens is 179 g/mol. The van der Waals surface area contributed by atoms with Gasteiger partial charge in [0.1, 0.15) is 5.82 Å². The van der Waals surface area contributed by atoms with Crippen LogP contribution < -0.4 is 11.5 Å². The van der Waals surface area contributed by atoms with Crippen molar-refractivity contribution >= 4 is 11.6 Å². The molecule has 4 N–H and O–H groups in total. The van der Waals surface area contributed by atoms with Gasteiger partial charge in [-0.2, -0.15) is 0 Å². The Morgan fingerprint density at radius 2 is 1.92 bits per heavy atom. The van der Waals surface area contributed by atoms with Crippen LogP contribution in [0.3, 0.4) is 0 Å². The van der Waals surface area contributed by atoms with E-state index in [4.69, 9.17) is 17.3 Å². The molecule has 4 heteroatoms. The SMILES string of the molecule is CN.NCc1cc(F)cc(Cl)c1. The quantitative estimate of drug-likeness (QED) is 0.706. The molecule has 0 aliphatic heterocycles. The van der Waals surface area contributed by atoms with Crippen LogP contribution in [-0.4, -0.2) is 7.05 Å². The zero-order valence-electron chi connectivity index (χ0n) is 6.85. The summed E-state index contributed by atoms with van der Waals surface area (Å²) >= 11 is 5.53. The Labute approximate surface area is 76.3 Å². The second-order valence-electron chi connectivity index (χ2n) is 1.98. The molecule has 0 heterocycles. The molecule has 12 heavy (non-hydrogen) atoms. The molecule has 0 aliphatic carbocycles. The number of rotatable bonds is 1. The van der Waals surface area contributed by atoms with Gasteiger partial charge in [0.2, 0.25) is 0 Å². The Hall–Kier alpha value is -0.640. The number of hydrogen-bond acceptors (Lipinski definition) is 2. The first-order valence-electron chi connectivity index (χ1n) is 3.45. The second-order valence-corrected chi connectivity index (χ2v) is 2.42. The van der Waals surface area contributed by atoms with E-state index in [1.165, 1.54) is 19.2 Å². The van der Waals surface area contributed by atoms with Crippen LogP contribution in [0.25, 0.3) is 0 Å². The van der Waals surface area contributed by atoms with Crippen LogP contribution in [0.1, 0.15) is 5.56 Å². The fourth-order valence-corrected chi connectivity index (χ4v) is 0.973. The molecule has 0 aliphatic rings. The van der Waals surface area contributed by atoms with Gasteiger partial charge in [0.15, 0.2) is 0 Å². The van der Waals surface area contributed by atoms with E-state index in [-0.39, 0.29) is 5.82 Å². The Bertz CT molecular complexity index is 220. The van der Waals surface area contributed by atoms with Gasteiger partial charge in [0.05, 0.1) is 0 Å². The van der Waals surface area contributed by atoms with Gasteiger partial charge in [-0.25, -0.2) is 4.39 Å². The Morgan fingerprint density at radius 3 is 2.33 bits per heavy atom. The van der Waals surface area contributed by atoms with Crippen LogP contribution in [0.5, 0.6) is 0 Å². The average Bonchev–Trinajstić information content (AvgIpc) is 2.06. The minimum Gasteiger partial charge on any atom is -0.333 e. The van der Waals surface area contributed by atoms with Crippen LogP contribution in [0.4, 0.5) is 4.39 Å². The van der Waals surface area contributed by atoms with E-state index >= 15 is 0 Å². The molecule has 1 aromatic carbocycles. The fraction of sp³-hybridized carbons (Fsp3) is 0.250. The third kappa shape index (κ3) is 3.67. The molecule has 2 nitrogen and oxygen atoms in total. The maximum absolute atomic E-state index is 12.5. The van der Waals surface area contributed by atoms with Gasteiger partial charge in [-0.3, -0.25) is 0 Å². The standard InChI is InChI=1S/C7H7ClFN.CH5N/c8-6-1-5(4-10)2-7(9)3-6;1-2/h1-3H,4,10H2;2H2,1H3.